The SMILES string of the molecule is COc1ccc(CN2CNC(=O)c3[nH]c(C(C)(C)O)nc32)cc1OC1CCCC1. The number of carbonyl (C=O) groups is 1. The maximum absolute atomic E-state index is 12.2. The van der Waals surface area contributed by atoms with E-state index in [2.05, 4.69) is 15.3 Å². The second kappa shape index (κ2) is 7.59. The fraction of sp³-hybridized carbons (Fsp3) is 0.524. The summed E-state index contributed by atoms with van der Waals surface area (Å²) in [5.41, 5.74) is 0.226. The summed E-state index contributed by atoms with van der Waals surface area (Å²) < 4.78 is 11.7. The summed E-state index contributed by atoms with van der Waals surface area (Å²) in [6.07, 6.45) is 4.78. The molecule has 3 N–H and O–H groups in total. The summed E-state index contributed by atoms with van der Waals surface area (Å²) in [4.78, 5) is 21.6. The van der Waals surface area contributed by atoms with Gasteiger partial charge < -0.3 is 29.8 Å². The molecule has 8 nitrogen and oxygen atoms in total. The van der Waals surface area contributed by atoms with Gasteiger partial charge in [-0.2, -0.15) is 0 Å². The van der Waals surface area contributed by atoms with Gasteiger partial charge in [0.1, 0.15) is 17.1 Å². The van der Waals surface area contributed by atoms with E-state index in [1.54, 1.807) is 21.0 Å². The quantitative estimate of drug-likeness (QED) is 0.689. The summed E-state index contributed by atoms with van der Waals surface area (Å²) in [5, 5.41) is 13.1. The number of aliphatic hydroxyl groups is 1. The Morgan fingerprint density at radius 3 is 2.72 bits per heavy atom. The van der Waals surface area contributed by atoms with Crippen LogP contribution in [0.4, 0.5) is 5.82 Å². The Morgan fingerprint density at radius 2 is 2.03 bits per heavy atom. The maximum atomic E-state index is 12.2. The first-order valence-electron chi connectivity index (χ1n) is 10.0. The van der Waals surface area contributed by atoms with Crippen molar-refractivity contribution in [3.8, 4) is 11.5 Å². The van der Waals surface area contributed by atoms with E-state index in [4.69, 9.17) is 9.47 Å². The van der Waals surface area contributed by atoms with Crippen molar-refractivity contribution in [2.24, 2.45) is 0 Å². The third-order valence-corrected chi connectivity index (χ3v) is 5.42. The summed E-state index contributed by atoms with van der Waals surface area (Å²) >= 11 is 0. The smallest absolute Gasteiger partial charge is 0.272 e. The molecule has 1 fully saturated rings. The Hall–Kier alpha value is -2.74. The molecule has 1 amide bonds. The van der Waals surface area contributed by atoms with Gasteiger partial charge >= 0.3 is 0 Å². The predicted octanol–water partition coefficient (Wildman–Crippen LogP) is 2.67. The van der Waals surface area contributed by atoms with Crippen LogP contribution in [0.3, 0.4) is 0 Å². The minimum atomic E-state index is -1.16. The number of rotatable bonds is 6. The number of aromatic amines is 1. The number of nitrogens with zero attached hydrogens (tertiary/aromatic N) is 2. The highest BCUT2D eigenvalue weighted by atomic mass is 16.5. The molecule has 2 heterocycles. The third kappa shape index (κ3) is 4.03. The number of imidazole rings is 1. The molecule has 4 rings (SSSR count). The second-order valence-corrected chi connectivity index (χ2v) is 8.21. The predicted molar refractivity (Wildman–Crippen MR) is 108 cm³/mol. The molecule has 29 heavy (non-hydrogen) atoms. The zero-order valence-corrected chi connectivity index (χ0v) is 17.1. The Bertz CT molecular complexity index is 897. The van der Waals surface area contributed by atoms with Gasteiger partial charge in [0.25, 0.3) is 5.91 Å². The molecule has 2 aromatic rings. The average Bonchev–Trinajstić information content (AvgIpc) is 3.34. The molecule has 1 aliphatic carbocycles. The monoisotopic (exact) mass is 400 g/mol. The minimum Gasteiger partial charge on any atom is -0.493 e. The molecule has 0 radical (unpaired) electrons. The van der Waals surface area contributed by atoms with Crippen molar-refractivity contribution in [3.05, 3.63) is 35.3 Å². The molecule has 0 saturated heterocycles. The molecule has 0 spiro atoms. The Kier molecular flexibility index (Phi) is 5.12. The summed E-state index contributed by atoms with van der Waals surface area (Å²) in [7, 11) is 1.64. The number of H-pyrrole nitrogens is 1. The van der Waals surface area contributed by atoms with E-state index in [0.717, 1.165) is 29.9 Å². The largest absolute Gasteiger partial charge is 0.493 e. The number of nitrogens with one attached hydrogen (secondary N) is 2. The summed E-state index contributed by atoms with van der Waals surface area (Å²) in [5.74, 6) is 2.15. The highest BCUT2D eigenvalue weighted by Crippen LogP contribution is 2.34. The van der Waals surface area contributed by atoms with E-state index in [-0.39, 0.29) is 12.0 Å². The Morgan fingerprint density at radius 1 is 1.28 bits per heavy atom. The molecule has 0 bridgehead atoms. The molecule has 0 unspecified atom stereocenters. The molecule has 1 aromatic heterocycles. The number of ether oxygens (including phenoxy) is 2. The first-order valence-corrected chi connectivity index (χ1v) is 10.0. The fourth-order valence-corrected chi connectivity index (χ4v) is 3.82. The van der Waals surface area contributed by atoms with Gasteiger partial charge in [-0.1, -0.05) is 6.07 Å². The normalized spacial score (nSPS) is 17.2. The van der Waals surface area contributed by atoms with Crippen molar-refractivity contribution < 1.29 is 19.4 Å². The maximum Gasteiger partial charge on any atom is 0.272 e. The van der Waals surface area contributed by atoms with Crippen molar-refractivity contribution in [1.29, 1.82) is 0 Å². The van der Waals surface area contributed by atoms with Crippen molar-refractivity contribution in [2.75, 3.05) is 18.7 Å². The Balaban J connectivity index is 1.59. The highest BCUT2D eigenvalue weighted by Gasteiger charge is 2.31. The second-order valence-electron chi connectivity index (χ2n) is 8.21. The van der Waals surface area contributed by atoms with Crippen molar-refractivity contribution >= 4 is 11.7 Å². The van der Waals surface area contributed by atoms with Gasteiger partial charge in [-0.3, -0.25) is 4.79 Å². The molecule has 1 aromatic carbocycles. The van der Waals surface area contributed by atoms with E-state index in [0.29, 0.717) is 30.5 Å². The first kappa shape index (κ1) is 19.6. The number of hydrogen-bond donors (Lipinski definition) is 3. The van der Waals surface area contributed by atoms with Gasteiger partial charge in [-0.05, 0) is 57.2 Å². The zero-order chi connectivity index (χ0) is 20.6. The molecular formula is C21H28N4O4. The summed E-state index contributed by atoms with van der Waals surface area (Å²) in [6, 6.07) is 5.90. The topological polar surface area (TPSA) is 99.7 Å². The van der Waals surface area contributed by atoms with Crippen LogP contribution in [0.2, 0.25) is 0 Å². The lowest BCUT2D eigenvalue weighted by Crippen LogP contribution is -2.43. The average molecular weight is 400 g/mol. The first-order chi connectivity index (χ1) is 13.8. The lowest BCUT2D eigenvalue weighted by Gasteiger charge is -2.28. The van der Waals surface area contributed by atoms with Crippen LogP contribution >= 0.6 is 0 Å². The standard InChI is InChI=1S/C21H28N4O4/c1-21(2,27)20-23-17-18(24-20)25(12-22-19(17)26)11-13-8-9-15(28-3)16(10-13)29-14-6-4-5-7-14/h8-10,14,27H,4-7,11-12H2,1-3H3,(H,22,26)(H,23,24). The number of carbonyl (C=O) groups excluding carboxylic acids is 1. The molecule has 8 heteroatoms. The van der Waals surface area contributed by atoms with Gasteiger partial charge in [0, 0.05) is 6.54 Å². The molecule has 156 valence electrons. The fourth-order valence-electron chi connectivity index (χ4n) is 3.82. The van der Waals surface area contributed by atoms with Crippen molar-refractivity contribution in [1.82, 2.24) is 15.3 Å². The zero-order valence-electron chi connectivity index (χ0n) is 17.1. The van der Waals surface area contributed by atoms with Gasteiger partial charge in [-0.25, -0.2) is 4.98 Å². The van der Waals surface area contributed by atoms with Crippen LogP contribution in [-0.4, -0.2) is 40.9 Å². The van der Waals surface area contributed by atoms with Crippen LogP contribution in [0.25, 0.3) is 0 Å². The third-order valence-electron chi connectivity index (χ3n) is 5.42. The molecule has 1 aliphatic heterocycles. The van der Waals surface area contributed by atoms with Gasteiger partial charge in [0.05, 0.1) is 19.9 Å². The molecular weight excluding hydrogens is 372 g/mol. The Labute approximate surface area is 170 Å². The van der Waals surface area contributed by atoms with E-state index < -0.39 is 5.60 Å². The summed E-state index contributed by atoms with van der Waals surface area (Å²) in [6.45, 7) is 4.15. The van der Waals surface area contributed by atoms with E-state index in [9.17, 15) is 9.90 Å². The van der Waals surface area contributed by atoms with Crippen molar-refractivity contribution in [3.63, 3.8) is 0 Å². The van der Waals surface area contributed by atoms with E-state index in [1.165, 1.54) is 12.8 Å². The van der Waals surface area contributed by atoms with Crippen LogP contribution in [0.15, 0.2) is 18.2 Å². The number of anilines is 1. The number of fused-ring (bicyclic) bond motifs is 1. The molecule has 2 aliphatic rings. The van der Waals surface area contributed by atoms with Crippen LogP contribution in [0, 0.1) is 0 Å². The number of amides is 1. The molecule has 1 saturated carbocycles. The highest BCUT2D eigenvalue weighted by molar-refractivity contribution is 5.99. The van der Waals surface area contributed by atoms with E-state index in [1.807, 2.05) is 23.1 Å². The lowest BCUT2D eigenvalue weighted by molar-refractivity contribution is 0.0696. The van der Waals surface area contributed by atoms with E-state index >= 15 is 0 Å². The number of hydrogen-bond acceptors (Lipinski definition) is 6. The number of methoxy groups -OCH3 is 1. The van der Waals surface area contributed by atoms with Crippen LogP contribution in [-0.2, 0) is 12.1 Å². The van der Waals surface area contributed by atoms with Crippen LogP contribution in [0.1, 0.15) is 61.4 Å². The van der Waals surface area contributed by atoms with Gasteiger partial charge in [0.2, 0.25) is 0 Å². The van der Waals surface area contributed by atoms with Crippen molar-refractivity contribution in [2.45, 2.75) is 57.8 Å². The van der Waals surface area contributed by atoms with Gasteiger partial charge in [0.15, 0.2) is 17.3 Å². The van der Waals surface area contributed by atoms with Crippen LogP contribution < -0.4 is 19.7 Å². The minimum absolute atomic E-state index is 0.223. The van der Waals surface area contributed by atoms with Gasteiger partial charge in [-0.15, -0.1) is 0 Å². The van der Waals surface area contributed by atoms with Crippen LogP contribution in [0.5, 0.6) is 11.5 Å². The lowest BCUT2D eigenvalue weighted by atomic mass is 10.1. The molecule has 0 atom stereocenters. The number of benzene rings is 1. The number of aromatic nitrogens is 2.